The van der Waals surface area contributed by atoms with Crippen molar-refractivity contribution in [3.05, 3.63) is 35.4 Å². The minimum Gasteiger partial charge on any atom is -0.293 e. The van der Waals surface area contributed by atoms with E-state index in [4.69, 9.17) is 0 Å². The molecule has 0 aliphatic carbocycles. The summed E-state index contributed by atoms with van der Waals surface area (Å²) < 4.78 is 1.56. The molecule has 94 valence electrons. The number of hydrogen-bond acceptors (Lipinski definition) is 5. The molecule has 0 N–H and O–H groups in total. The lowest BCUT2D eigenvalue weighted by Gasteiger charge is -2.08. The Bertz CT molecular complexity index is 549. The van der Waals surface area contributed by atoms with Crippen LogP contribution in [0.2, 0.25) is 0 Å². The van der Waals surface area contributed by atoms with Gasteiger partial charge < -0.3 is 0 Å². The number of carbonyl (C=O) groups excluding carboxylic acids is 1. The number of aryl methyl sites for hydroxylation is 2. The molecule has 0 saturated carbocycles. The molecule has 0 radical (unpaired) electrons. The van der Waals surface area contributed by atoms with Crippen molar-refractivity contribution in [3.63, 3.8) is 0 Å². The minimum absolute atomic E-state index is 0.0861. The van der Waals surface area contributed by atoms with Gasteiger partial charge in [-0.2, -0.15) is 0 Å². The van der Waals surface area contributed by atoms with Gasteiger partial charge >= 0.3 is 0 Å². The van der Waals surface area contributed by atoms with Crippen LogP contribution in [0, 0.1) is 6.92 Å². The molecule has 0 amide bonds. The molecular formula is C12H14N4OS. The van der Waals surface area contributed by atoms with Gasteiger partial charge in [-0.25, -0.2) is 4.68 Å². The number of nitrogens with zero attached hydrogens (tertiary/aromatic N) is 4. The fourth-order valence-electron chi connectivity index (χ4n) is 1.49. The number of Topliss-reactive ketones (excluding diaryl/α,β-unsaturated/α-hetero) is 1. The molecule has 0 unspecified atom stereocenters. The zero-order valence-electron chi connectivity index (χ0n) is 10.5. The average molecular weight is 262 g/mol. The van der Waals surface area contributed by atoms with Crippen LogP contribution in [0.1, 0.15) is 22.8 Å². The Labute approximate surface area is 110 Å². The molecule has 0 aliphatic heterocycles. The third kappa shape index (κ3) is 2.76. The van der Waals surface area contributed by atoms with Gasteiger partial charge in [0.1, 0.15) is 0 Å². The van der Waals surface area contributed by atoms with Gasteiger partial charge in [0.05, 0.1) is 5.25 Å². The molecule has 2 aromatic rings. The number of ketones is 1. The summed E-state index contributed by atoms with van der Waals surface area (Å²) in [5, 5.41) is 11.6. The van der Waals surface area contributed by atoms with Crippen molar-refractivity contribution in [3.8, 4) is 0 Å². The van der Waals surface area contributed by atoms with Gasteiger partial charge in [-0.05, 0) is 24.3 Å². The molecule has 5 nitrogen and oxygen atoms in total. The monoisotopic (exact) mass is 262 g/mol. The Morgan fingerprint density at radius 1 is 1.33 bits per heavy atom. The first-order valence-corrected chi connectivity index (χ1v) is 6.46. The van der Waals surface area contributed by atoms with Crippen molar-refractivity contribution in [1.29, 1.82) is 0 Å². The van der Waals surface area contributed by atoms with E-state index in [-0.39, 0.29) is 11.0 Å². The standard InChI is InChI=1S/C12H14N4OS/c1-8-4-6-10(7-5-8)11(17)9(2)18-12-13-14-15-16(12)3/h4-7,9H,1-3H3/t9-/m1/s1. The molecule has 1 aromatic heterocycles. The van der Waals surface area contributed by atoms with Crippen LogP contribution >= 0.6 is 11.8 Å². The summed E-state index contributed by atoms with van der Waals surface area (Å²) in [5.74, 6) is 0.0861. The number of tetrazole rings is 1. The molecule has 0 spiro atoms. The average Bonchev–Trinajstić information content (AvgIpc) is 2.75. The minimum atomic E-state index is -0.211. The van der Waals surface area contributed by atoms with E-state index in [1.165, 1.54) is 11.8 Å². The number of hydrogen-bond donors (Lipinski definition) is 0. The second-order valence-electron chi connectivity index (χ2n) is 4.08. The van der Waals surface area contributed by atoms with Crippen molar-refractivity contribution in [2.45, 2.75) is 24.3 Å². The van der Waals surface area contributed by atoms with Gasteiger partial charge in [-0.15, -0.1) is 5.10 Å². The molecule has 1 heterocycles. The van der Waals surface area contributed by atoms with E-state index in [0.29, 0.717) is 5.16 Å². The van der Waals surface area contributed by atoms with Crippen molar-refractivity contribution < 1.29 is 4.79 Å². The maximum atomic E-state index is 12.2. The first-order chi connectivity index (χ1) is 8.58. The predicted molar refractivity (Wildman–Crippen MR) is 69.6 cm³/mol. The Morgan fingerprint density at radius 2 is 2.00 bits per heavy atom. The Balaban J connectivity index is 2.09. The van der Waals surface area contributed by atoms with E-state index in [1.807, 2.05) is 38.1 Å². The summed E-state index contributed by atoms with van der Waals surface area (Å²) >= 11 is 1.36. The zero-order chi connectivity index (χ0) is 13.1. The third-order valence-electron chi connectivity index (χ3n) is 2.57. The quantitative estimate of drug-likeness (QED) is 0.622. The van der Waals surface area contributed by atoms with E-state index < -0.39 is 0 Å². The first kappa shape index (κ1) is 12.8. The molecule has 18 heavy (non-hydrogen) atoms. The Hall–Kier alpha value is -1.69. The second-order valence-corrected chi connectivity index (χ2v) is 5.38. The molecule has 6 heteroatoms. The Kier molecular flexibility index (Phi) is 3.76. The summed E-state index contributed by atoms with van der Waals surface area (Å²) in [6, 6.07) is 7.58. The third-order valence-corrected chi connectivity index (χ3v) is 3.69. The summed E-state index contributed by atoms with van der Waals surface area (Å²) in [7, 11) is 1.76. The number of benzene rings is 1. The van der Waals surface area contributed by atoms with Crippen molar-refractivity contribution in [2.24, 2.45) is 7.05 Å². The lowest BCUT2D eigenvalue weighted by molar-refractivity contribution is 0.0994. The van der Waals surface area contributed by atoms with Crippen LogP contribution in [0.25, 0.3) is 0 Å². The summed E-state index contributed by atoms with van der Waals surface area (Å²) in [6.07, 6.45) is 0. The molecule has 2 rings (SSSR count). The number of rotatable bonds is 4. The molecule has 0 saturated heterocycles. The van der Waals surface area contributed by atoms with Crippen molar-refractivity contribution in [1.82, 2.24) is 20.2 Å². The second kappa shape index (κ2) is 5.30. The molecule has 0 fully saturated rings. The fraction of sp³-hybridized carbons (Fsp3) is 0.333. The van der Waals surface area contributed by atoms with Gasteiger partial charge in [0.15, 0.2) is 5.78 Å². The number of thioether (sulfide) groups is 1. The van der Waals surface area contributed by atoms with E-state index in [1.54, 1.807) is 11.7 Å². The predicted octanol–water partition coefficient (Wildman–Crippen LogP) is 1.88. The summed E-state index contributed by atoms with van der Waals surface area (Å²) in [5.41, 5.74) is 1.86. The van der Waals surface area contributed by atoms with Gasteiger partial charge in [0.2, 0.25) is 5.16 Å². The van der Waals surface area contributed by atoms with Gasteiger partial charge in [0, 0.05) is 12.6 Å². The highest BCUT2D eigenvalue weighted by Gasteiger charge is 2.18. The van der Waals surface area contributed by atoms with Gasteiger partial charge in [0.25, 0.3) is 0 Å². The van der Waals surface area contributed by atoms with Crippen LogP contribution in [0.4, 0.5) is 0 Å². The molecule has 1 atom stereocenters. The molecule has 1 aromatic carbocycles. The summed E-state index contributed by atoms with van der Waals surface area (Å²) in [6.45, 7) is 3.86. The van der Waals surface area contributed by atoms with E-state index >= 15 is 0 Å². The van der Waals surface area contributed by atoms with Gasteiger partial charge in [-0.1, -0.05) is 41.6 Å². The highest BCUT2D eigenvalue weighted by atomic mass is 32.2. The zero-order valence-corrected chi connectivity index (χ0v) is 11.3. The highest BCUT2D eigenvalue weighted by molar-refractivity contribution is 8.00. The topological polar surface area (TPSA) is 60.7 Å². The van der Waals surface area contributed by atoms with Crippen LogP contribution in [0.3, 0.4) is 0 Å². The maximum Gasteiger partial charge on any atom is 0.209 e. The lowest BCUT2D eigenvalue weighted by Crippen LogP contribution is -2.14. The van der Waals surface area contributed by atoms with Crippen LogP contribution < -0.4 is 0 Å². The van der Waals surface area contributed by atoms with Crippen LogP contribution in [-0.2, 0) is 7.05 Å². The lowest BCUT2D eigenvalue weighted by atomic mass is 10.1. The first-order valence-electron chi connectivity index (χ1n) is 5.58. The smallest absolute Gasteiger partial charge is 0.209 e. The van der Waals surface area contributed by atoms with Crippen LogP contribution in [0.15, 0.2) is 29.4 Å². The fourth-order valence-corrected chi connectivity index (χ4v) is 2.32. The van der Waals surface area contributed by atoms with Gasteiger partial charge in [-0.3, -0.25) is 4.79 Å². The summed E-state index contributed by atoms with van der Waals surface area (Å²) in [4.78, 5) is 12.2. The Morgan fingerprint density at radius 3 is 2.56 bits per heavy atom. The van der Waals surface area contributed by atoms with E-state index in [0.717, 1.165) is 11.1 Å². The largest absolute Gasteiger partial charge is 0.293 e. The highest BCUT2D eigenvalue weighted by Crippen LogP contribution is 2.22. The van der Waals surface area contributed by atoms with Crippen LogP contribution in [-0.4, -0.2) is 31.2 Å². The van der Waals surface area contributed by atoms with Crippen molar-refractivity contribution in [2.75, 3.05) is 0 Å². The van der Waals surface area contributed by atoms with E-state index in [9.17, 15) is 4.79 Å². The maximum absolute atomic E-state index is 12.2. The molecule has 0 bridgehead atoms. The molecular weight excluding hydrogens is 248 g/mol. The van der Waals surface area contributed by atoms with Crippen molar-refractivity contribution >= 4 is 17.5 Å². The van der Waals surface area contributed by atoms with E-state index in [2.05, 4.69) is 15.5 Å². The van der Waals surface area contributed by atoms with Crippen LogP contribution in [0.5, 0.6) is 0 Å². The number of carbonyl (C=O) groups is 1. The SMILES string of the molecule is Cc1ccc(C(=O)[C@@H](C)Sc2nnnn2C)cc1. The number of aromatic nitrogens is 4. The normalized spacial score (nSPS) is 12.4. The molecule has 0 aliphatic rings.